The third kappa shape index (κ3) is 5.77. The Morgan fingerprint density at radius 1 is 1.19 bits per heavy atom. The molecule has 162 valence electrons. The van der Waals surface area contributed by atoms with E-state index in [1.54, 1.807) is 54.1 Å². The van der Waals surface area contributed by atoms with Crippen molar-refractivity contribution in [3.05, 3.63) is 64.9 Å². The summed E-state index contributed by atoms with van der Waals surface area (Å²) in [5.41, 5.74) is 1.07. The van der Waals surface area contributed by atoms with Gasteiger partial charge in [0.25, 0.3) is 5.91 Å². The SMILES string of the molecule is COc1ccc(Cl)cc1NC(=O)CSc1nnc([C@@H](C)NC(=O)c2ccccc2)n1C. The van der Waals surface area contributed by atoms with E-state index in [0.29, 0.717) is 33.0 Å². The molecule has 0 unspecified atom stereocenters. The lowest BCUT2D eigenvalue weighted by Crippen LogP contribution is -2.28. The highest BCUT2D eigenvalue weighted by atomic mass is 35.5. The van der Waals surface area contributed by atoms with E-state index in [4.69, 9.17) is 16.3 Å². The lowest BCUT2D eigenvalue weighted by Gasteiger charge is -2.13. The highest BCUT2D eigenvalue weighted by Crippen LogP contribution is 2.28. The summed E-state index contributed by atoms with van der Waals surface area (Å²) in [6.45, 7) is 1.83. The van der Waals surface area contributed by atoms with E-state index in [9.17, 15) is 9.59 Å². The molecule has 31 heavy (non-hydrogen) atoms. The molecule has 8 nitrogen and oxygen atoms in total. The number of carbonyl (C=O) groups excluding carboxylic acids is 2. The minimum Gasteiger partial charge on any atom is -0.495 e. The number of benzene rings is 2. The van der Waals surface area contributed by atoms with E-state index in [-0.39, 0.29) is 23.6 Å². The van der Waals surface area contributed by atoms with E-state index in [1.807, 2.05) is 13.0 Å². The van der Waals surface area contributed by atoms with Crippen molar-refractivity contribution in [1.82, 2.24) is 20.1 Å². The molecule has 1 aromatic heterocycles. The highest BCUT2D eigenvalue weighted by Gasteiger charge is 2.19. The first-order valence-electron chi connectivity index (χ1n) is 9.40. The average molecular weight is 460 g/mol. The maximum atomic E-state index is 12.4. The molecule has 1 heterocycles. The van der Waals surface area contributed by atoms with Crippen LogP contribution in [0, 0.1) is 0 Å². The largest absolute Gasteiger partial charge is 0.495 e. The van der Waals surface area contributed by atoms with Crippen LogP contribution in [-0.4, -0.2) is 39.4 Å². The lowest BCUT2D eigenvalue weighted by molar-refractivity contribution is -0.113. The Balaban J connectivity index is 1.59. The number of carbonyl (C=O) groups is 2. The third-order valence-electron chi connectivity index (χ3n) is 4.41. The number of halogens is 1. The summed E-state index contributed by atoms with van der Waals surface area (Å²) < 4.78 is 6.99. The second kappa shape index (κ2) is 10.3. The molecular formula is C21H22ClN5O3S. The van der Waals surface area contributed by atoms with Crippen LogP contribution >= 0.6 is 23.4 Å². The summed E-state index contributed by atoms with van der Waals surface area (Å²) in [6, 6.07) is 13.6. The number of nitrogens with one attached hydrogen (secondary N) is 2. The van der Waals surface area contributed by atoms with Gasteiger partial charge in [0.15, 0.2) is 11.0 Å². The first-order chi connectivity index (χ1) is 14.9. The summed E-state index contributed by atoms with van der Waals surface area (Å²) in [4.78, 5) is 24.7. The normalized spacial score (nSPS) is 11.6. The fourth-order valence-electron chi connectivity index (χ4n) is 2.86. The van der Waals surface area contributed by atoms with Gasteiger partial charge < -0.3 is 19.9 Å². The van der Waals surface area contributed by atoms with Gasteiger partial charge in [-0.1, -0.05) is 41.6 Å². The smallest absolute Gasteiger partial charge is 0.251 e. The van der Waals surface area contributed by atoms with E-state index in [1.165, 1.54) is 18.9 Å². The van der Waals surface area contributed by atoms with Crippen LogP contribution in [0.15, 0.2) is 53.7 Å². The van der Waals surface area contributed by atoms with Gasteiger partial charge in [0.2, 0.25) is 5.91 Å². The third-order valence-corrected chi connectivity index (χ3v) is 5.66. The predicted molar refractivity (Wildman–Crippen MR) is 121 cm³/mol. The number of hydrogen-bond donors (Lipinski definition) is 2. The van der Waals surface area contributed by atoms with Crippen molar-refractivity contribution < 1.29 is 14.3 Å². The van der Waals surface area contributed by atoms with Crippen molar-refractivity contribution in [1.29, 1.82) is 0 Å². The Morgan fingerprint density at radius 2 is 1.94 bits per heavy atom. The number of ether oxygens (including phenoxy) is 1. The number of aromatic nitrogens is 3. The van der Waals surface area contributed by atoms with Crippen LogP contribution in [0.25, 0.3) is 0 Å². The number of anilines is 1. The Labute approximate surface area is 189 Å². The zero-order valence-electron chi connectivity index (χ0n) is 17.3. The summed E-state index contributed by atoms with van der Waals surface area (Å²) in [6.07, 6.45) is 0. The van der Waals surface area contributed by atoms with Gasteiger partial charge in [0, 0.05) is 17.6 Å². The monoisotopic (exact) mass is 459 g/mol. The van der Waals surface area contributed by atoms with Gasteiger partial charge in [0.1, 0.15) is 5.75 Å². The number of rotatable bonds is 8. The fraction of sp³-hybridized carbons (Fsp3) is 0.238. The van der Waals surface area contributed by atoms with Crippen molar-refractivity contribution >= 4 is 40.9 Å². The summed E-state index contributed by atoms with van der Waals surface area (Å²) in [5, 5.41) is 15.1. The van der Waals surface area contributed by atoms with Crippen LogP contribution in [0.1, 0.15) is 29.1 Å². The number of nitrogens with zero attached hydrogens (tertiary/aromatic N) is 3. The lowest BCUT2D eigenvalue weighted by atomic mass is 10.2. The number of hydrogen-bond acceptors (Lipinski definition) is 6. The molecular weight excluding hydrogens is 438 g/mol. The molecule has 0 aliphatic rings. The molecule has 0 fully saturated rings. The van der Waals surface area contributed by atoms with Crippen molar-refractivity contribution in [2.24, 2.45) is 7.05 Å². The van der Waals surface area contributed by atoms with Gasteiger partial charge >= 0.3 is 0 Å². The van der Waals surface area contributed by atoms with E-state index >= 15 is 0 Å². The van der Waals surface area contributed by atoms with Crippen LogP contribution in [0.2, 0.25) is 5.02 Å². The molecule has 2 N–H and O–H groups in total. The molecule has 0 saturated heterocycles. The van der Waals surface area contributed by atoms with Crippen LogP contribution in [0.4, 0.5) is 5.69 Å². The van der Waals surface area contributed by atoms with Crippen LogP contribution < -0.4 is 15.4 Å². The summed E-state index contributed by atoms with van der Waals surface area (Å²) >= 11 is 7.23. The van der Waals surface area contributed by atoms with E-state index < -0.39 is 0 Å². The Hall–Kier alpha value is -3.04. The first kappa shape index (κ1) is 22.6. The molecule has 0 radical (unpaired) electrons. The predicted octanol–water partition coefficient (Wildman–Crippen LogP) is 3.70. The van der Waals surface area contributed by atoms with Crippen molar-refractivity contribution in [3.63, 3.8) is 0 Å². The average Bonchev–Trinajstić information content (AvgIpc) is 3.13. The van der Waals surface area contributed by atoms with Crippen LogP contribution in [0.3, 0.4) is 0 Å². The molecule has 3 aromatic rings. The second-order valence-corrected chi connectivity index (χ2v) is 8.02. The van der Waals surface area contributed by atoms with Gasteiger partial charge in [-0.3, -0.25) is 9.59 Å². The molecule has 3 rings (SSSR count). The van der Waals surface area contributed by atoms with Crippen molar-refractivity contribution in [2.45, 2.75) is 18.1 Å². The molecule has 10 heteroatoms. The number of methoxy groups -OCH3 is 1. The second-order valence-electron chi connectivity index (χ2n) is 6.64. The van der Waals surface area contributed by atoms with Crippen molar-refractivity contribution in [3.8, 4) is 5.75 Å². The molecule has 0 spiro atoms. The summed E-state index contributed by atoms with van der Waals surface area (Å²) in [7, 11) is 3.31. The first-order valence-corrected chi connectivity index (χ1v) is 10.8. The fourth-order valence-corrected chi connectivity index (χ4v) is 3.75. The van der Waals surface area contributed by atoms with Gasteiger partial charge in [-0.15, -0.1) is 10.2 Å². The minimum absolute atomic E-state index is 0.117. The van der Waals surface area contributed by atoms with Gasteiger partial charge in [-0.25, -0.2) is 0 Å². The van der Waals surface area contributed by atoms with Crippen LogP contribution in [0.5, 0.6) is 5.75 Å². The molecule has 2 amide bonds. The van der Waals surface area contributed by atoms with Gasteiger partial charge in [0.05, 0.1) is 24.6 Å². The van der Waals surface area contributed by atoms with Crippen molar-refractivity contribution in [2.75, 3.05) is 18.2 Å². The molecule has 0 aliphatic heterocycles. The standard InChI is InChI=1S/C21H22ClN5O3S/c1-13(23-20(29)14-7-5-4-6-8-14)19-25-26-21(27(19)2)31-12-18(28)24-16-11-15(22)9-10-17(16)30-3/h4-11,13H,12H2,1-3H3,(H,23,29)(H,24,28)/t13-/m1/s1. The minimum atomic E-state index is -0.357. The highest BCUT2D eigenvalue weighted by molar-refractivity contribution is 7.99. The summed E-state index contributed by atoms with van der Waals surface area (Å²) in [5.74, 6) is 0.794. The van der Waals surface area contributed by atoms with E-state index in [2.05, 4.69) is 20.8 Å². The maximum Gasteiger partial charge on any atom is 0.251 e. The number of amides is 2. The molecule has 0 saturated carbocycles. The molecule has 0 aliphatic carbocycles. The van der Waals surface area contributed by atoms with Gasteiger partial charge in [-0.05, 0) is 37.3 Å². The Kier molecular flexibility index (Phi) is 7.54. The van der Waals surface area contributed by atoms with Gasteiger partial charge in [-0.2, -0.15) is 0 Å². The molecule has 0 bridgehead atoms. The Bertz CT molecular complexity index is 1070. The zero-order valence-corrected chi connectivity index (χ0v) is 18.8. The quantitative estimate of drug-likeness (QED) is 0.498. The molecule has 1 atom stereocenters. The maximum absolute atomic E-state index is 12.4. The van der Waals surface area contributed by atoms with E-state index in [0.717, 1.165) is 0 Å². The zero-order chi connectivity index (χ0) is 22.4. The number of thioether (sulfide) groups is 1. The van der Waals surface area contributed by atoms with Crippen LogP contribution in [-0.2, 0) is 11.8 Å². The Morgan fingerprint density at radius 3 is 2.65 bits per heavy atom. The molecule has 2 aromatic carbocycles. The topological polar surface area (TPSA) is 98.1 Å².